The number of ether oxygens (including phenoxy) is 1. The van der Waals surface area contributed by atoms with Crippen LogP contribution in [0.1, 0.15) is 18.9 Å². The molecule has 0 saturated heterocycles. The van der Waals surface area contributed by atoms with Crippen molar-refractivity contribution in [1.82, 2.24) is 14.8 Å². The third-order valence-electron chi connectivity index (χ3n) is 3.34. The Bertz CT molecular complexity index is 644. The van der Waals surface area contributed by atoms with Crippen LogP contribution in [0.25, 0.3) is 0 Å². The first-order valence-electron chi connectivity index (χ1n) is 6.25. The number of nitrogens with one attached hydrogen (secondary N) is 1. The fraction of sp³-hybridized carbons (Fsp3) is 0.385. The van der Waals surface area contributed by atoms with Crippen LogP contribution in [-0.2, 0) is 0 Å². The van der Waals surface area contributed by atoms with Crippen LogP contribution < -0.4 is 9.64 Å². The molecule has 5 nitrogen and oxygen atoms in total. The zero-order valence-corrected chi connectivity index (χ0v) is 11.8. The summed E-state index contributed by atoms with van der Waals surface area (Å²) >= 11 is 5.30. The van der Waals surface area contributed by atoms with Crippen LogP contribution in [0.5, 0.6) is 5.75 Å². The van der Waals surface area contributed by atoms with Gasteiger partial charge in [-0.15, -0.1) is 5.10 Å². The number of aromatic nitrogens is 3. The maximum Gasteiger partial charge on any atom is 0.230 e. The van der Waals surface area contributed by atoms with Crippen molar-refractivity contribution in [3.8, 4) is 5.75 Å². The van der Waals surface area contributed by atoms with Gasteiger partial charge in [0.15, 0.2) is 4.77 Å². The van der Waals surface area contributed by atoms with Gasteiger partial charge in [-0.1, -0.05) is 6.07 Å². The van der Waals surface area contributed by atoms with Crippen molar-refractivity contribution >= 4 is 23.9 Å². The molecule has 1 aromatic heterocycles. The fourth-order valence-corrected chi connectivity index (χ4v) is 2.41. The molecule has 0 unspecified atom stereocenters. The van der Waals surface area contributed by atoms with Crippen LogP contribution in [0.2, 0.25) is 0 Å². The molecule has 3 rings (SSSR count). The molecule has 0 spiro atoms. The van der Waals surface area contributed by atoms with E-state index >= 15 is 0 Å². The Kier molecular flexibility index (Phi) is 3.02. The predicted octanol–water partition coefficient (Wildman–Crippen LogP) is 3.05. The normalized spacial score (nSPS) is 14.4. The van der Waals surface area contributed by atoms with Crippen molar-refractivity contribution in [3.63, 3.8) is 0 Å². The van der Waals surface area contributed by atoms with Gasteiger partial charge in [-0.2, -0.15) is 0 Å². The first-order valence-corrected chi connectivity index (χ1v) is 6.66. The van der Waals surface area contributed by atoms with Gasteiger partial charge in [0, 0.05) is 24.8 Å². The van der Waals surface area contributed by atoms with Crippen LogP contribution in [0.4, 0.5) is 11.6 Å². The van der Waals surface area contributed by atoms with E-state index in [1.54, 1.807) is 7.11 Å². The van der Waals surface area contributed by atoms with Gasteiger partial charge in [-0.25, -0.2) is 5.10 Å². The van der Waals surface area contributed by atoms with E-state index in [9.17, 15) is 0 Å². The lowest BCUT2D eigenvalue weighted by Gasteiger charge is -2.19. The number of hydrogen-bond acceptors (Lipinski definition) is 4. The summed E-state index contributed by atoms with van der Waals surface area (Å²) in [5.74, 6) is 1.68. The Morgan fingerprint density at radius 1 is 1.47 bits per heavy atom. The maximum absolute atomic E-state index is 5.30. The van der Waals surface area contributed by atoms with Gasteiger partial charge < -0.3 is 9.64 Å². The van der Waals surface area contributed by atoms with Gasteiger partial charge in [0.1, 0.15) is 5.75 Å². The van der Waals surface area contributed by atoms with Gasteiger partial charge in [0.05, 0.1) is 7.11 Å². The molecule has 1 fully saturated rings. The average molecular weight is 276 g/mol. The van der Waals surface area contributed by atoms with E-state index in [0.29, 0.717) is 10.8 Å². The third-order valence-corrected chi connectivity index (χ3v) is 3.63. The lowest BCUT2D eigenvalue weighted by atomic mass is 10.3. The van der Waals surface area contributed by atoms with Crippen molar-refractivity contribution < 1.29 is 4.74 Å². The molecule has 1 aliphatic carbocycles. The minimum atomic E-state index is 0.495. The molecule has 1 saturated carbocycles. The van der Waals surface area contributed by atoms with E-state index in [4.69, 9.17) is 17.0 Å². The quantitative estimate of drug-likeness (QED) is 0.872. The van der Waals surface area contributed by atoms with E-state index in [2.05, 4.69) is 14.8 Å². The third kappa shape index (κ3) is 2.23. The summed E-state index contributed by atoms with van der Waals surface area (Å²) in [7, 11) is 3.65. The Morgan fingerprint density at radius 2 is 2.26 bits per heavy atom. The summed E-state index contributed by atoms with van der Waals surface area (Å²) in [6, 6.07) is 8.39. The number of methoxy groups -OCH3 is 1. The fourth-order valence-electron chi connectivity index (χ4n) is 2.13. The molecule has 1 aliphatic rings. The zero-order chi connectivity index (χ0) is 13.4. The molecule has 1 heterocycles. The summed E-state index contributed by atoms with van der Waals surface area (Å²) in [6.45, 7) is 0. The van der Waals surface area contributed by atoms with E-state index in [1.165, 1.54) is 12.8 Å². The highest BCUT2D eigenvalue weighted by Crippen LogP contribution is 2.39. The molecular formula is C13H16N4OS. The number of aromatic amines is 1. The monoisotopic (exact) mass is 276 g/mol. The Balaban J connectivity index is 1.99. The molecule has 2 aromatic rings. The number of anilines is 2. The second kappa shape index (κ2) is 4.70. The van der Waals surface area contributed by atoms with Crippen molar-refractivity contribution in [1.29, 1.82) is 0 Å². The Hall–Kier alpha value is -1.82. The highest BCUT2D eigenvalue weighted by atomic mass is 32.1. The highest BCUT2D eigenvalue weighted by Gasteiger charge is 2.28. The summed E-state index contributed by atoms with van der Waals surface area (Å²) < 4.78 is 8.03. The Morgan fingerprint density at radius 3 is 2.95 bits per heavy atom. The predicted molar refractivity (Wildman–Crippen MR) is 76.7 cm³/mol. The SMILES string of the molecule is COc1cccc(N(C)c2n[nH]c(=S)n2C2CC2)c1. The van der Waals surface area contributed by atoms with Gasteiger partial charge in [0.25, 0.3) is 0 Å². The summed E-state index contributed by atoms with van der Waals surface area (Å²) in [5.41, 5.74) is 1.02. The van der Waals surface area contributed by atoms with Crippen LogP contribution in [0.3, 0.4) is 0 Å². The average Bonchev–Trinajstić information content (AvgIpc) is 3.21. The second-order valence-electron chi connectivity index (χ2n) is 4.69. The molecule has 1 N–H and O–H groups in total. The van der Waals surface area contributed by atoms with Gasteiger partial charge in [-0.3, -0.25) is 4.57 Å². The second-order valence-corrected chi connectivity index (χ2v) is 5.08. The van der Waals surface area contributed by atoms with Crippen LogP contribution in [0, 0.1) is 4.77 Å². The molecule has 100 valence electrons. The number of hydrogen-bond donors (Lipinski definition) is 1. The van der Waals surface area contributed by atoms with Crippen molar-refractivity contribution in [3.05, 3.63) is 29.0 Å². The molecule has 19 heavy (non-hydrogen) atoms. The Labute approximate surface area is 116 Å². The molecule has 6 heteroatoms. The van der Waals surface area contributed by atoms with E-state index in [-0.39, 0.29) is 0 Å². The summed E-state index contributed by atoms with van der Waals surface area (Å²) in [6.07, 6.45) is 2.35. The lowest BCUT2D eigenvalue weighted by molar-refractivity contribution is 0.415. The molecule has 0 radical (unpaired) electrons. The highest BCUT2D eigenvalue weighted by molar-refractivity contribution is 7.71. The van der Waals surface area contributed by atoms with Crippen molar-refractivity contribution in [2.24, 2.45) is 0 Å². The van der Waals surface area contributed by atoms with Crippen molar-refractivity contribution in [2.45, 2.75) is 18.9 Å². The van der Waals surface area contributed by atoms with Crippen molar-refractivity contribution in [2.75, 3.05) is 19.1 Å². The maximum atomic E-state index is 5.30. The zero-order valence-electron chi connectivity index (χ0n) is 11.0. The first kappa shape index (κ1) is 12.2. The summed E-state index contributed by atoms with van der Waals surface area (Å²) in [5, 5.41) is 7.22. The summed E-state index contributed by atoms with van der Waals surface area (Å²) in [4.78, 5) is 2.02. The van der Waals surface area contributed by atoms with E-state index < -0.39 is 0 Å². The minimum Gasteiger partial charge on any atom is -0.497 e. The minimum absolute atomic E-state index is 0.495. The number of rotatable bonds is 4. The van der Waals surface area contributed by atoms with Gasteiger partial charge >= 0.3 is 0 Å². The standard InChI is InChI=1S/C13H16N4OS/c1-16(10-4-3-5-11(8-10)18-2)12-14-15-13(19)17(12)9-6-7-9/h3-5,8-9H,6-7H2,1-2H3,(H,15,19). The largest absolute Gasteiger partial charge is 0.497 e. The number of benzene rings is 1. The van der Waals surface area contributed by atoms with Crippen LogP contribution in [-0.4, -0.2) is 28.9 Å². The van der Waals surface area contributed by atoms with E-state index in [0.717, 1.165) is 17.4 Å². The molecule has 0 aliphatic heterocycles. The van der Waals surface area contributed by atoms with Crippen LogP contribution >= 0.6 is 12.2 Å². The molecule has 0 atom stereocenters. The topological polar surface area (TPSA) is 46.1 Å². The van der Waals surface area contributed by atoms with E-state index in [1.807, 2.05) is 36.2 Å². The molecule has 0 bridgehead atoms. The molecular weight excluding hydrogens is 260 g/mol. The van der Waals surface area contributed by atoms with Gasteiger partial charge in [-0.05, 0) is 37.2 Å². The van der Waals surface area contributed by atoms with Gasteiger partial charge in [0.2, 0.25) is 5.95 Å². The molecule has 1 aromatic carbocycles. The smallest absolute Gasteiger partial charge is 0.230 e. The number of nitrogens with zero attached hydrogens (tertiary/aromatic N) is 3. The number of H-pyrrole nitrogens is 1. The first-order chi connectivity index (χ1) is 9.20. The van der Waals surface area contributed by atoms with Crippen LogP contribution in [0.15, 0.2) is 24.3 Å². The molecule has 0 amide bonds. The lowest BCUT2D eigenvalue weighted by Crippen LogP contribution is -2.15.